The molecule has 0 radical (unpaired) electrons. The normalized spacial score (nSPS) is 10.0. The van der Waals surface area contributed by atoms with Gasteiger partial charge in [0.1, 0.15) is 0 Å². The monoisotopic (exact) mass is 320 g/mol. The average molecular weight is 320 g/mol. The number of aryl methyl sites for hydroxylation is 2. The summed E-state index contributed by atoms with van der Waals surface area (Å²) in [6.45, 7) is 4.32. The number of nitriles is 1. The van der Waals surface area contributed by atoms with Crippen LogP contribution < -0.4 is 5.32 Å². The lowest BCUT2D eigenvalue weighted by atomic mass is 10.0. The highest BCUT2D eigenvalue weighted by Gasteiger charge is 2.10. The summed E-state index contributed by atoms with van der Waals surface area (Å²) in [4.78, 5) is 24.1. The molecule has 2 aromatic carbocycles. The molecular formula is C20H20N2O2. The van der Waals surface area contributed by atoms with Gasteiger partial charge in [-0.15, -0.1) is 0 Å². The first kappa shape index (κ1) is 17.4. The first-order valence-electron chi connectivity index (χ1n) is 7.86. The van der Waals surface area contributed by atoms with E-state index in [1.807, 2.05) is 32.0 Å². The largest absolute Gasteiger partial charge is 0.352 e. The summed E-state index contributed by atoms with van der Waals surface area (Å²) in [7, 11) is 0. The topological polar surface area (TPSA) is 70.0 Å². The molecule has 0 saturated heterocycles. The van der Waals surface area contributed by atoms with Gasteiger partial charge in [-0.3, -0.25) is 9.59 Å². The molecule has 0 bridgehead atoms. The maximum Gasteiger partial charge on any atom is 0.220 e. The fourth-order valence-corrected chi connectivity index (χ4v) is 2.33. The van der Waals surface area contributed by atoms with E-state index in [9.17, 15) is 9.59 Å². The van der Waals surface area contributed by atoms with Crippen LogP contribution in [-0.4, -0.2) is 11.7 Å². The Kier molecular flexibility index (Phi) is 5.86. The molecule has 0 unspecified atom stereocenters. The Balaban J connectivity index is 1.83. The first-order chi connectivity index (χ1) is 11.5. The van der Waals surface area contributed by atoms with Gasteiger partial charge in [-0.1, -0.05) is 24.3 Å². The molecule has 2 aromatic rings. The van der Waals surface area contributed by atoms with Crippen LogP contribution in [0, 0.1) is 25.2 Å². The van der Waals surface area contributed by atoms with E-state index < -0.39 is 0 Å². The Hall–Kier alpha value is -2.93. The van der Waals surface area contributed by atoms with Gasteiger partial charge in [-0.25, -0.2) is 0 Å². The second-order valence-electron chi connectivity index (χ2n) is 5.81. The number of nitrogens with zero attached hydrogens (tertiary/aromatic N) is 1. The van der Waals surface area contributed by atoms with Crippen LogP contribution in [0.1, 0.15) is 45.5 Å². The molecule has 0 fully saturated rings. The number of carbonyl (C=O) groups excluding carboxylic acids is 2. The molecule has 24 heavy (non-hydrogen) atoms. The second-order valence-corrected chi connectivity index (χ2v) is 5.81. The van der Waals surface area contributed by atoms with Gasteiger partial charge in [0, 0.05) is 24.9 Å². The number of nitrogens with one attached hydrogen (secondary N) is 1. The second kappa shape index (κ2) is 8.07. The molecule has 122 valence electrons. The summed E-state index contributed by atoms with van der Waals surface area (Å²) >= 11 is 0. The molecule has 0 spiro atoms. The van der Waals surface area contributed by atoms with Crippen LogP contribution in [-0.2, 0) is 11.3 Å². The van der Waals surface area contributed by atoms with Crippen molar-refractivity contribution in [1.82, 2.24) is 5.32 Å². The number of amides is 1. The van der Waals surface area contributed by atoms with Crippen molar-refractivity contribution in [2.75, 3.05) is 0 Å². The quantitative estimate of drug-likeness (QED) is 0.829. The number of hydrogen-bond donors (Lipinski definition) is 1. The molecule has 0 aliphatic heterocycles. The fourth-order valence-electron chi connectivity index (χ4n) is 2.33. The number of benzene rings is 2. The zero-order chi connectivity index (χ0) is 17.5. The van der Waals surface area contributed by atoms with Crippen LogP contribution in [0.25, 0.3) is 0 Å². The van der Waals surface area contributed by atoms with Gasteiger partial charge in [0.25, 0.3) is 0 Å². The number of carbonyl (C=O) groups is 2. The minimum atomic E-state index is -0.172. The molecule has 4 nitrogen and oxygen atoms in total. The van der Waals surface area contributed by atoms with Crippen molar-refractivity contribution >= 4 is 11.7 Å². The summed E-state index contributed by atoms with van der Waals surface area (Å²) < 4.78 is 0. The maximum atomic E-state index is 12.2. The molecular weight excluding hydrogens is 300 g/mol. The van der Waals surface area contributed by atoms with Crippen molar-refractivity contribution in [2.45, 2.75) is 33.2 Å². The number of ketones is 1. The molecule has 0 heterocycles. The molecule has 1 N–H and O–H groups in total. The van der Waals surface area contributed by atoms with Crippen LogP contribution in [0.3, 0.4) is 0 Å². The third kappa shape index (κ3) is 4.79. The smallest absolute Gasteiger partial charge is 0.220 e. The van der Waals surface area contributed by atoms with Crippen LogP contribution in [0.4, 0.5) is 0 Å². The number of rotatable bonds is 6. The van der Waals surface area contributed by atoms with Crippen molar-refractivity contribution in [3.8, 4) is 6.07 Å². The van der Waals surface area contributed by atoms with Crippen molar-refractivity contribution < 1.29 is 9.59 Å². The predicted molar refractivity (Wildman–Crippen MR) is 92.5 cm³/mol. The van der Waals surface area contributed by atoms with Crippen molar-refractivity contribution in [2.24, 2.45) is 0 Å². The molecule has 0 atom stereocenters. The average Bonchev–Trinajstić information content (AvgIpc) is 2.60. The van der Waals surface area contributed by atoms with E-state index in [1.54, 1.807) is 24.3 Å². The van der Waals surface area contributed by atoms with E-state index >= 15 is 0 Å². The zero-order valence-electron chi connectivity index (χ0n) is 13.9. The minimum Gasteiger partial charge on any atom is -0.352 e. The van der Waals surface area contributed by atoms with Gasteiger partial charge < -0.3 is 5.32 Å². The highest BCUT2D eigenvalue weighted by molar-refractivity contribution is 5.98. The summed E-state index contributed by atoms with van der Waals surface area (Å²) in [5.41, 5.74) is 4.29. The number of Topliss-reactive ketones (excluding diaryl/α,β-unsaturated/α-hetero) is 1. The van der Waals surface area contributed by atoms with Crippen LogP contribution in [0.15, 0.2) is 42.5 Å². The lowest BCUT2D eigenvalue weighted by Crippen LogP contribution is -2.23. The van der Waals surface area contributed by atoms with Crippen molar-refractivity contribution in [3.05, 3.63) is 70.3 Å². The summed E-state index contributed by atoms with van der Waals surface area (Å²) in [6.07, 6.45) is 0.344. The Bertz CT molecular complexity index is 804. The Morgan fingerprint density at radius 3 is 2.54 bits per heavy atom. The van der Waals surface area contributed by atoms with E-state index in [1.165, 1.54) is 0 Å². The molecule has 4 heteroatoms. The van der Waals surface area contributed by atoms with Gasteiger partial charge in [0.2, 0.25) is 5.91 Å². The van der Waals surface area contributed by atoms with E-state index in [0.29, 0.717) is 17.7 Å². The molecule has 0 saturated carbocycles. The Morgan fingerprint density at radius 1 is 1.04 bits per heavy atom. The molecule has 1 amide bonds. The van der Waals surface area contributed by atoms with E-state index in [4.69, 9.17) is 5.26 Å². The zero-order valence-corrected chi connectivity index (χ0v) is 13.9. The van der Waals surface area contributed by atoms with Gasteiger partial charge in [-0.2, -0.15) is 5.26 Å². The van der Waals surface area contributed by atoms with Crippen LogP contribution in [0.5, 0.6) is 0 Å². The Labute approximate surface area is 142 Å². The lowest BCUT2D eigenvalue weighted by Gasteiger charge is -2.07. The summed E-state index contributed by atoms with van der Waals surface area (Å²) in [6, 6.07) is 14.7. The van der Waals surface area contributed by atoms with Crippen LogP contribution in [0.2, 0.25) is 0 Å². The lowest BCUT2D eigenvalue weighted by molar-refractivity contribution is -0.121. The number of hydrogen-bond acceptors (Lipinski definition) is 3. The van der Waals surface area contributed by atoms with Gasteiger partial charge in [0.15, 0.2) is 5.78 Å². The predicted octanol–water partition coefficient (Wildman–Crippen LogP) is 3.45. The standard InChI is InChI=1S/C20H20N2O2/c1-14-6-7-18(10-15(14)2)19(23)8-9-20(24)22-13-17-5-3-4-16(11-17)12-21/h3-7,10-11H,8-9,13H2,1-2H3,(H,22,24). The third-order valence-electron chi connectivity index (χ3n) is 3.95. The minimum absolute atomic E-state index is 0.0280. The van der Waals surface area contributed by atoms with E-state index in [2.05, 4.69) is 11.4 Å². The van der Waals surface area contributed by atoms with Gasteiger partial charge in [0.05, 0.1) is 11.6 Å². The molecule has 0 aromatic heterocycles. The maximum absolute atomic E-state index is 12.2. The fraction of sp³-hybridized carbons (Fsp3) is 0.250. The highest BCUT2D eigenvalue weighted by atomic mass is 16.2. The van der Waals surface area contributed by atoms with E-state index in [-0.39, 0.29) is 24.5 Å². The van der Waals surface area contributed by atoms with E-state index in [0.717, 1.165) is 16.7 Å². The summed E-state index contributed by atoms with van der Waals surface area (Å²) in [5, 5.41) is 11.6. The van der Waals surface area contributed by atoms with Gasteiger partial charge in [-0.05, 0) is 48.7 Å². The molecule has 0 aliphatic carbocycles. The SMILES string of the molecule is Cc1ccc(C(=O)CCC(=O)NCc2cccc(C#N)c2)cc1C. The first-order valence-corrected chi connectivity index (χ1v) is 7.86. The van der Waals surface area contributed by atoms with Crippen LogP contribution >= 0.6 is 0 Å². The van der Waals surface area contributed by atoms with Crippen molar-refractivity contribution in [3.63, 3.8) is 0 Å². The Morgan fingerprint density at radius 2 is 1.83 bits per heavy atom. The van der Waals surface area contributed by atoms with Crippen molar-refractivity contribution in [1.29, 1.82) is 5.26 Å². The third-order valence-corrected chi connectivity index (χ3v) is 3.95. The summed E-state index contributed by atoms with van der Waals surface area (Å²) in [5.74, 6) is -0.200. The highest BCUT2D eigenvalue weighted by Crippen LogP contribution is 2.12. The van der Waals surface area contributed by atoms with Gasteiger partial charge >= 0.3 is 0 Å². The molecule has 0 aliphatic rings. The molecule has 2 rings (SSSR count).